The number of nitrogens with zero attached hydrogens (tertiary/aromatic N) is 1. The number of carbonyl (C=O) groups excluding carboxylic acids is 1. The number of halogens is 1. The number of rotatable bonds is 1. The van der Waals surface area contributed by atoms with Crippen molar-refractivity contribution in [3.8, 4) is 0 Å². The SMILES string of the molecule is Cc1nc(C(=O)NN)ccc1Br. The summed E-state index contributed by atoms with van der Waals surface area (Å²) in [6.45, 7) is 1.80. The first-order chi connectivity index (χ1) is 5.65. The highest BCUT2D eigenvalue weighted by Gasteiger charge is 2.05. The van der Waals surface area contributed by atoms with Crippen LogP contribution in [-0.2, 0) is 0 Å². The Hall–Kier alpha value is -0.940. The Bertz CT molecular complexity index is 314. The van der Waals surface area contributed by atoms with E-state index in [1.165, 1.54) is 0 Å². The molecule has 12 heavy (non-hydrogen) atoms. The number of nitrogens with one attached hydrogen (secondary N) is 1. The highest BCUT2D eigenvalue weighted by molar-refractivity contribution is 9.10. The lowest BCUT2D eigenvalue weighted by atomic mass is 10.3. The van der Waals surface area contributed by atoms with E-state index < -0.39 is 0 Å². The van der Waals surface area contributed by atoms with Crippen molar-refractivity contribution in [3.63, 3.8) is 0 Å². The summed E-state index contributed by atoms with van der Waals surface area (Å²) in [5.74, 6) is 4.56. The summed E-state index contributed by atoms with van der Waals surface area (Å²) < 4.78 is 0.871. The summed E-state index contributed by atoms with van der Waals surface area (Å²) in [6.07, 6.45) is 0. The third-order valence-corrected chi connectivity index (χ3v) is 2.22. The molecule has 0 aromatic carbocycles. The number of pyridine rings is 1. The smallest absolute Gasteiger partial charge is 0.283 e. The molecule has 0 spiro atoms. The van der Waals surface area contributed by atoms with E-state index in [0.29, 0.717) is 5.69 Å². The van der Waals surface area contributed by atoms with Crippen LogP contribution in [0.2, 0.25) is 0 Å². The summed E-state index contributed by atoms with van der Waals surface area (Å²) in [6, 6.07) is 3.35. The molecule has 0 aliphatic rings. The molecule has 3 N–H and O–H groups in total. The molecule has 5 heteroatoms. The van der Waals surface area contributed by atoms with E-state index in [0.717, 1.165) is 10.2 Å². The molecule has 1 heterocycles. The van der Waals surface area contributed by atoms with Gasteiger partial charge in [0.15, 0.2) is 0 Å². The first-order valence-corrected chi connectivity index (χ1v) is 4.08. The molecular formula is C7H8BrN3O. The Morgan fingerprint density at radius 2 is 2.33 bits per heavy atom. The van der Waals surface area contributed by atoms with Crippen molar-refractivity contribution >= 4 is 21.8 Å². The maximum Gasteiger partial charge on any atom is 0.283 e. The second-order valence-electron chi connectivity index (χ2n) is 2.24. The van der Waals surface area contributed by atoms with Gasteiger partial charge in [-0.1, -0.05) is 0 Å². The molecule has 1 rings (SSSR count). The predicted octanol–water partition coefficient (Wildman–Crippen LogP) is 0.756. The number of hydrogen-bond acceptors (Lipinski definition) is 3. The van der Waals surface area contributed by atoms with Crippen LogP contribution in [0.25, 0.3) is 0 Å². The lowest BCUT2D eigenvalue weighted by Gasteiger charge is -2.00. The highest BCUT2D eigenvalue weighted by atomic mass is 79.9. The van der Waals surface area contributed by atoms with Gasteiger partial charge in [0.1, 0.15) is 5.69 Å². The number of nitrogen functional groups attached to an aromatic ring is 1. The maximum absolute atomic E-state index is 11.0. The van der Waals surface area contributed by atoms with Crippen LogP contribution in [0.4, 0.5) is 0 Å². The van der Waals surface area contributed by atoms with E-state index in [-0.39, 0.29) is 5.91 Å². The summed E-state index contributed by atoms with van der Waals surface area (Å²) in [5.41, 5.74) is 3.09. The second kappa shape index (κ2) is 3.64. The molecule has 0 saturated carbocycles. The Kier molecular flexibility index (Phi) is 2.78. The standard InChI is InChI=1S/C7H8BrN3O/c1-4-5(8)2-3-6(10-4)7(12)11-9/h2-3H,9H2,1H3,(H,11,12). The molecule has 0 bridgehead atoms. The van der Waals surface area contributed by atoms with Crippen molar-refractivity contribution < 1.29 is 4.79 Å². The minimum Gasteiger partial charge on any atom is -0.289 e. The van der Waals surface area contributed by atoms with Crippen molar-refractivity contribution in [1.82, 2.24) is 10.4 Å². The van der Waals surface area contributed by atoms with Crippen molar-refractivity contribution in [2.75, 3.05) is 0 Å². The summed E-state index contributed by atoms with van der Waals surface area (Å²) in [4.78, 5) is 15.0. The number of carbonyl (C=O) groups is 1. The van der Waals surface area contributed by atoms with Gasteiger partial charge in [-0.25, -0.2) is 10.8 Å². The van der Waals surface area contributed by atoms with Crippen LogP contribution in [0.3, 0.4) is 0 Å². The van der Waals surface area contributed by atoms with Gasteiger partial charge in [0.05, 0.1) is 5.69 Å². The van der Waals surface area contributed by atoms with Crippen LogP contribution < -0.4 is 11.3 Å². The molecule has 1 aromatic heterocycles. The Morgan fingerprint density at radius 1 is 1.67 bits per heavy atom. The lowest BCUT2D eigenvalue weighted by Crippen LogP contribution is -2.30. The van der Waals surface area contributed by atoms with Crippen LogP contribution in [0.5, 0.6) is 0 Å². The summed E-state index contributed by atoms with van der Waals surface area (Å²) >= 11 is 3.27. The number of aryl methyl sites for hydroxylation is 1. The monoisotopic (exact) mass is 229 g/mol. The van der Waals surface area contributed by atoms with Crippen molar-refractivity contribution in [2.24, 2.45) is 5.84 Å². The molecule has 0 saturated heterocycles. The van der Waals surface area contributed by atoms with Crippen LogP contribution >= 0.6 is 15.9 Å². The van der Waals surface area contributed by atoms with E-state index in [9.17, 15) is 4.79 Å². The van der Waals surface area contributed by atoms with E-state index >= 15 is 0 Å². The highest BCUT2D eigenvalue weighted by Crippen LogP contribution is 2.13. The van der Waals surface area contributed by atoms with Gasteiger partial charge in [0, 0.05) is 4.47 Å². The van der Waals surface area contributed by atoms with Gasteiger partial charge in [0.2, 0.25) is 0 Å². The number of aromatic nitrogens is 1. The molecule has 0 aliphatic carbocycles. The van der Waals surface area contributed by atoms with Crippen molar-refractivity contribution in [1.29, 1.82) is 0 Å². The summed E-state index contributed by atoms with van der Waals surface area (Å²) in [7, 11) is 0. The first-order valence-electron chi connectivity index (χ1n) is 3.29. The number of hydrazine groups is 1. The average Bonchev–Trinajstić information content (AvgIpc) is 2.08. The zero-order valence-corrected chi connectivity index (χ0v) is 8.05. The topological polar surface area (TPSA) is 68.0 Å². The minimum absolute atomic E-state index is 0.318. The molecule has 0 aliphatic heterocycles. The molecule has 0 unspecified atom stereocenters. The molecule has 0 atom stereocenters. The van der Waals surface area contributed by atoms with Gasteiger partial charge in [0.25, 0.3) is 5.91 Å². The largest absolute Gasteiger partial charge is 0.289 e. The van der Waals surface area contributed by atoms with Gasteiger partial charge in [-0.15, -0.1) is 0 Å². The fraction of sp³-hybridized carbons (Fsp3) is 0.143. The second-order valence-corrected chi connectivity index (χ2v) is 3.09. The lowest BCUT2D eigenvalue weighted by molar-refractivity contribution is 0.0948. The van der Waals surface area contributed by atoms with Crippen LogP contribution in [0.1, 0.15) is 16.2 Å². The van der Waals surface area contributed by atoms with Crippen LogP contribution in [0, 0.1) is 6.92 Å². The Morgan fingerprint density at radius 3 is 2.83 bits per heavy atom. The van der Waals surface area contributed by atoms with Crippen molar-refractivity contribution in [2.45, 2.75) is 6.92 Å². The van der Waals surface area contributed by atoms with Crippen LogP contribution in [-0.4, -0.2) is 10.9 Å². The molecule has 1 amide bonds. The molecular weight excluding hydrogens is 222 g/mol. The van der Waals surface area contributed by atoms with Gasteiger partial charge >= 0.3 is 0 Å². The van der Waals surface area contributed by atoms with E-state index in [2.05, 4.69) is 20.9 Å². The number of hydrogen-bond donors (Lipinski definition) is 2. The number of amides is 1. The first kappa shape index (κ1) is 9.15. The van der Waals surface area contributed by atoms with Gasteiger partial charge in [-0.2, -0.15) is 0 Å². The van der Waals surface area contributed by atoms with Gasteiger partial charge < -0.3 is 0 Å². The third kappa shape index (κ3) is 1.80. The number of nitrogens with two attached hydrogens (primary N) is 1. The molecule has 1 aromatic rings. The normalized spacial score (nSPS) is 9.58. The van der Waals surface area contributed by atoms with Crippen molar-refractivity contribution in [3.05, 3.63) is 28.0 Å². The molecule has 4 nitrogen and oxygen atoms in total. The zero-order chi connectivity index (χ0) is 9.14. The van der Waals surface area contributed by atoms with E-state index in [4.69, 9.17) is 5.84 Å². The Balaban J connectivity index is 3.05. The fourth-order valence-corrected chi connectivity index (χ4v) is 0.965. The van der Waals surface area contributed by atoms with E-state index in [1.807, 2.05) is 5.43 Å². The summed E-state index contributed by atoms with van der Waals surface area (Å²) in [5, 5.41) is 0. The van der Waals surface area contributed by atoms with Crippen LogP contribution in [0.15, 0.2) is 16.6 Å². The van der Waals surface area contributed by atoms with Gasteiger partial charge in [-0.05, 0) is 35.0 Å². The maximum atomic E-state index is 11.0. The Labute approximate surface area is 78.3 Å². The average molecular weight is 230 g/mol. The van der Waals surface area contributed by atoms with Gasteiger partial charge in [-0.3, -0.25) is 10.2 Å². The van der Waals surface area contributed by atoms with E-state index in [1.54, 1.807) is 19.1 Å². The minimum atomic E-state index is -0.384. The molecule has 0 fully saturated rings. The quantitative estimate of drug-likeness (QED) is 0.425. The fourth-order valence-electron chi connectivity index (χ4n) is 0.744. The third-order valence-electron chi connectivity index (χ3n) is 1.39. The zero-order valence-electron chi connectivity index (χ0n) is 6.47. The molecule has 64 valence electrons. The predicted molar refractivity (Wildman–Crippen MR) is 48.3 cm³/mol. The molecule has 0 radical (unpaired) electrons.